The topological polar surface area (TPSA) is 24.1 Å². The van der Waals surface area contributed by atoms with Gasteiger partial charge in [-0.1, -0.05) is 47.6 Å². The number of thiophene rings is 2. The minimum Gasteiger partial charge on any atom is -0.311 e. The van der Waals surface area contributed by atoms with Gasteiger partial charge in [-0.15, -0.1) is 22.7 Å². The highest BCUT2D eigenvalue weighted by molar-refractivity contribution is 9.09. The molecule has 2 nitrogen and oxygen atoms in total. The molecule has 2 N–H and O–H groups in total. The second kappa shape index (κ2) is 11.0. The van der Waals surface area contributed by atoms with Crippen molar-refractivity contribution in [2.75, 3.05) is 13.1 Å². The first-order valence-corrected chi connectivity index (χ1v) is 14.7. The van der Waals surface area contributed by atoms with Crippen LogP contribution in [-0.2, 0) is 0 Å². The second-order valence-corrected chi connectivity index (χ2v) is 13.8. The standard InChI is InChI=1S/C20H32N2S5/c1-7-21-19(3,4)17(15-11-9-13-23-15)25-27-26-18(16-12-10-14-24-16)20(5,6)22-8-2/h9-14,17-18,21-22H,7-8H2,1-6H3. The monoisotopic (exact) mass is 460 g/mol. The van der Waals surface area contributed by atoms with Crippen LogP contribution in [0.25, 0.3) is 0 Å². The summed E-state index contributed by atoms with van der Waals surface area (Å²) in [6.07, 6.45) is 0. The smallest absolute Gasteiger partial charge is 0.0679 e. The molecule has 2 aromatic rings. The van der Waals surface area contributed by atoms with Crippen molar-refractivity contribution in [2.45, 2.75) is 63.1 Å². The fraction of sp³-hybridized carbons (Fsp3) is 0.600. The molecular weight excluding hydrogens is 429 g/mol. The molecule has 2 aromatic heterocycles. The molecule has 0 radical (unpaired) electrons. The van der Waals surface area contributed by atoms with Crippen LogP contribution in [0.2, 0.25) is 0 Å². The molecule has 0 bridgehead atoms. The summed E-state index contributed by atoms with van der Waals surface area (Å²) in [6, 6.07) is 8.87. The molecule has 0 fully saturated rings. The van der Waals surface area contributed by atoms with Gasteiger partial charge in [-0.25, -0.2) is 0 Å². The maximum atomic E-state index is 3.68. The lowest BCUT2D eigenvalue weighted by atomic mass is 9.99. The van der Waals surface area contributed by atoms with Crippen LogP contribution in [0.5, 0.6) is 0 Å². The quantitative estimate of drug-likeness (QED) is 0.321. The molecule has 0 saturated carbocycles. The van der Waals surface area contributed by atoms with Gasteiger partial charge in [0.05, 0.1) is 10.5 Å². The van der Waals surface area contributed by atoms with Crippen molar-refractivity contribution >= 4 is 54.1 Å². The van der Waals surface area contributed by atoms with E-state index in [0.29, 0.717) is 10.5 Å². The average molecular weight is 461 g/mol. The second-order valence-electron chi connectivity index (χ2n) is 7.56. The van der Waals surface area contributed by atoms with Gasteiger partial charge in [-0.3, -0.25) is 0 Å². The van der Waals surface area contributed by atoms with E-state index < -0.39 is 0 Å². The third kappa shape index (κ3) is 6.69. The molecule has 2 unspecified atom stereocenters. The molecule has 27 heavy (non-hydrogen) atoms. The lowest BCUT2D eigenvalue weighted by Crippen LogP contribution is -2.43. The largest absolute Gasteiger partial charge is 0.311 e. The summed E-state index contributed by atoms with van der Waals surface area (Å²) in [5.74, 6) is 0. The SMILES string of the molecule is CCNC(C)(C)C(SSSC(c1cccs1)C(C)(C)NCC)c1cccs1. The van der Waals surface area contributed by atoms with Gasteiger partial charge < -0.3 is 10.6 Å². The molecule has 2 rings (SSSR count). The molecule has 0 saturated heterocycles. The van der Waals surface area contributed by atoms with Crippen LogP contribution in [0.4, 0.5) is 0 Å². The average Bonchev–Trinajstić information content (AvgIpc) is 3.27. The van der Waals surface area contributed by atoms with Gasteiger partial charge in [-0.2, -0.15) is 0 Å². The maximum Gasteiger partial charge on any atom is 0.0679 e. The molecule has 0 aliphatic heterocycles. The molecule has 2 atom stereocenters. The third-order valence-corrected chi connectivity index (χ3v) is 11.9. The van der Waals surface area contributed by atoms with E-state index in [4.69, 9.17) is 0 Å². The van der Waals surface area contributed by atoms with Crippen molar-refractivity contribution < 1.29 is 0 Å². The van der Waals surface area contributed by atoms with Gasteiger partial charge in [0.15, 0.2) is 0 Å². The number of likely N-dealkylation sites (N-methyl/N-ethyl adjacent to an activating group) is 2. The molecule has 7 heteroatoms. The Balaban J connectivity index is 2.11. The highest BCUT2D eigenvalue weighted by atomic mass is 33.5. The van der Waals surface area contributed by atoms with Crippen LogP contribution in [0.3, 0.4) is 0 Å². The minimum absolute atomic E-state index is 0.0491. The van der Waals surface area contributed by atoms with Crippen LogP contribution >= 0.6 is 54.1 Å². The number of hydrogen-bond acceptors (Lipinski definition) is 7. The Kier molecular flexibility index (Phi) is 9.59. The van der Waals surface area contributed by atoms with E-state index in [2.05, 4.69) is 87.2 Å². The van der Waals surface area contributed by atoms with Crippen molar-refractivity contribution in [2.24, 2.45) is 0 Å². The summed E-state index contributed by atoms with van der Waals surface area (Å²) in [5, 5.41) is 12.6. The molecule has 0 aliphatic rings. The van der Waals surface area contributed by atoms with Crippen LogP contribution in [0.1, 0.15) is 61.8 Å². The summed E-state index contributed by atoms with van der Waals surface area (Å²) in [7, 11) is 5.92. The number of rotatable bonds is 12. The van der Waals surface area contributed by atoms with Crippen LogP contribution in [0.15, 0.2) is 35.0 Å². The summed E-state index contributed by atoms with van der Waals surface area (Å²) in [4.78, 5) is 2.88. The summed E-state index contributed by atoms with van der Waals surface area (Å²) < 4.78 is 0. The molecular formula is C20H32N2S5. The fourth-order valence-electron chi connectivity index (χ4n) is 3.13. The number of hydrogen-bond donors (Lipinski definition) is 2. The predicted molar refractivity (Wildman–Crippen MR) is 132 cm³/mol. The van der Waals surface area contributed by atoms with Crippen LogP contribution in [-0.4, -0.2) is 24.2 Å². The molecule has 0 aliphatic carbocycles. The van der Waals surface area contributed by atoms with E-state index in [9.17, 15) is 0 Å². The van der Waals surface area contributed by atoms with Gasteiger partial charge in [0, 0.05) is 20.8 Å². The maximum absolute atomic E-state index is 3.68. The van der Waals surface area contributed by atoms with Gasteiger partial charge in [0.1, 0.15) is 0 Å². The van der Waals surface area contributed by atoms with Crippen molar-refractivity contribution in [3.63, 3.8) is 0 Å². The van der Waals surface area contributed by atoms with Crippen molar-refractivity contribution in [1.82, 2.24) is 10.6 Å². The first-order chi connectivity index (χ1) is 12.8. The lowest BCUT2D eigenvalue weighted by molar-refractivity contribution is 0.393. The Labute approximate surface area is 184 Å². The van der Waals surface area contributed by atoms with Crippen molar-refractivity contribution in [1.29, 1.82) is 0 Å². The van der Waals surface area contributed by atoms with E-state index in [0.717, 1.165) is 13.1 Å². The molecule has 0 spiro atoms. The molecule has 0 amide bonds. The van der Waals surface area contributed by atoms with E-state index in [1.165, 1.54) is 9.75 Å². The zero-order chi connectivity index (χ0) is 19.9. The van der Waals surface area contributed by atoms with Crippen LogP contribution < -0.4 is 10.6 Å². The summed E-state index contributed by atoms with van der Waals surface area (Å²) in [5.41, 5.74) is 0.0981. The number of nitrogens with one attached hydrogen (secondary N) is 2. The Bertz CT molecular complexity index is 581. The normalized spacial score (nSPS) is 15.0. The fourth-order valence-corrected chi connectivity index (χ4v) is 11.6. The zero-order valence-electron chi connectivity index (χ0n) is 17.1. The van der Waals surface area contributed by atoms with Gasteiger partial charge >= 0.3 is 0 Å². The minimum atomic E-state index is 0.0491. The van der Waals surface area contributed by atoms with Crippen molar-refractivity contribution in [3.05, 3.63) is 44.8 Å². The Hall–Kier alpha value is 0.370. The van der Waals surface area contributed by atoms with E-state index in [1.807, 2.05) is 54.1 Å². The van der Waals surface area contributed by atoms with Gasteiger partial charge in [0.2, 0.25) is 0 Å². The van der Waals surface area contributed by atoms with Gasteiger partial charge in [0.25, 0.3) is 0 Å². The van der Waals surface area contributed by atoms with E-state index >= 15 is 0 Å². The van der Waals surface area contributed by atoms with E-state index in [-0.39, 0.29) is 11.1 Å². The third-order valence-electron chi connectivity index (χ3n) is 4.45. The van der Waals surface area contributed by atoms with Crippen LogP contribution in [0, 0.1) is 0 Å². The highest BCUT2D eigenvalue weighted by Gasteiger charge is 2.35. The Morgan fingerprint density at radius 1 is 0.815 bits per heavy atom. The summed E-state index contributed by atoms with van der Waals surface area (Å²) in [6.45, 7) is 15.6. The molecule has 2 heterocycles. The zero-order valence-corrected chi connectivity index (χ0v) is 21.2. The molecule has 152 valence electrons. The van der Waals surface area contributed by atoms with Gasteiger partial charge in [-0.05, 0) is 73.5 Å². The predicted octanol–water partition coefficient (Wildman–Crippen LogP) is 7.40. The van der Waals surface area contributed by atoms with E-state index in [1.54, 1.807) is 0 Å². The Morgan fingerprint density at radius 3 is 1.52 bits per heavy atom. The Morgan fingerprint density at radius 2 is 1.22 bits per heavy atom. The van der Waals surface area contributed by atoms with Crippen molar-refractivity contribution in [3.8, 4) is 0 Å². The first kappa shape index (κ1) is 23.6. The summed E-state index contributed by atoms with van der Waals surface area (Å²) >= 11 is 3.72. The lowest BCUT2D eigenvalue weighted by Gasteiger charge is -2.36. The molecule has 0 aromatic carbocycles. The first-order valence-electron chi connectivity index (χ1n) is 9.37. The highest BCUT2D eigenvalue weighted by Crippen LogP contribution is 2.56.